The van der Waals surface area contributed by atoms with Gasteiger partial charge in [0.25, 0.3) is 5.91 Å². The fourth-order valence-corrected chi connectivity index (χ4v) is 4.30. The molecule has 0 unspecified atom stereocenters. The van der Waals surface area contributed by atoms with E-state index in [2.05, 4.69) is 0 Å². The summed E-state index contributed by atoms with van der Waals surface area (Å²) in [5, 5.41) is 0.498. The molecule has 0 spiro atoms. The molecule has 0 aliphatic carbocycles. The molecule has 162 valence electrons. The van der Waals surface area contributed by atoms with Crippen LogP contribution < -0.4 is 9.64 Å². The van der Waals surface area contributed by atoms with Crippen LogP contribution in [0, 0.1) is 5.92 Å². The Labute approximate surface area is 186 Å². The SMILES string of the molecule is COc1ccc(Cl)cc1N1C[C@H](C(=O)N2CCN(C(=O)c3ccccc3)CC2)CC1=O. The molecule has 0 N–H and O–H groups in total. The van der Waals surface area contributed by atoms with E-state index < -0.39 is 5.92 Å². The van der Waals surface area contributed by atoms with Gasteiger partial charge < -0.3 is 19.4 Å². The van der Waals surface area contributed by atoms with E-state index in [1.165, 1.54) is 7.11 Å². The van der Waals surface area contributed by atoms with Crippen LogP contribution in [0.1, 0.15) is 16.8 Å². The minimum absolute atomic E-state index is 0.0250. The molecule has 31 heavy (non-hydrogen) atoms. The van der Waals surface area contributed by atoms with Gasteiger partial charge in [-0.2, -0.15) is 0 Å². The van der Waals surface area contributed by atoms with Crippen molar-refractivity contribution in [3.05, 3.63) is 59.1 Å². The Morgan fingerprint density at radius 2 is 1.68 bits per heavy atom. The van der Waals surface area contributed by atoms with Gasteiger partial charge in [0, 0.05) is 49.7 Å². The quantitative estimate of drug-likeness (QED) is 0.731. The molecule has 0 radical (unpaired) electrons. The first-order valence-corrected chi connectivity index (χ1v) is 10.6. The molecule has 2 aliphatic rings. The van der Waals surface area contributed by atoms with Crippen molar-refractivity contribution in [1.29, 1.82) is 0 Å². The van der Waals surface area contributed by atoms with Gasteiger partial charge in [-0.05, 0) is 30.3 Å². The van der Waals surface area contributed by atoms with Crippen molar-refractivity contribution in [2.45, 2.75) is 6.42 Å². The molecular formula is C23H24ClN3O4. The molecule has 7 nitrogen and oxygen atoms in total. The van der Waals surface area contributed by atoms with E-state index >= 15 is 0 Å². The molecule has 2 aromatic rings. The first-order chi connectivity index (χ1) is 15.0. The largest absolute Gasteiger partial charge is 0.495 e. The molecule has 2 aromatic carbocycles. The Balaban J connectivity index is 1.38. The van der Waals surface area contributed by atoms with E-state index in [1.54, 1.807) is 45.0 Å². The highest BCUT2D eigenvalue weighted by atomic mass is 35.5. The summed E-state index contributed by atoms with van der Waals surface area (Å²) < 4.78 is 5.36. The maximum Gasteiger partial charge on any atom is 0.253 e. The van der Waals surface area contributed by atoms with Crippen molar-refractivity contribution in [1.82, 2.24) is 9.80 Å². The predicted molar refractivity (Wildman–Crippen MR) is 117 cm³/mol. The molecule has 2 fully saturated rings. The summed E-state index contributed by atoms with van der Waals surface area (Å²) in [7, 11) is 1.53. The number of anilines is 1. The highest BCUT2D eigenvalue weighted by Gasteiger charge is 2.39. The summed E-state index contributed by atoms with van der Waals surface area (Å²) in [6.45, 7) is 2.17. The van der Waals surface area contributed by atoms with Crippen LogP contribution in [-0.4, -0.2) is 67.4 Å². The second kappa shape index (κ2) is 8.98. The summed E-state index contributed by atoms with van der Waals surface area (Å²) in [5.74, 6) is -0.0881. The van der Waals surface area contributed by atoms with Crippen LogP contribution in [-0.2, 0) is 9.59 Å². The van der Waals surface area contributed by atoms with Crippen LogP contribution >= 0.6 is 11.6 Å². The highest BCUT2D eigenvalue weighted by Crippen LogP contribution is 2.35. The number of rotatable bonds is 4. The van der Waals surface area contributed by atoms with Crippen molar-refractivity contribution in [3.8, 4) is 5.75 Å². The van der Waals surface area contributed by atoms with E-state index in [4.69, 9.17) is 16.3 Å². The molecule has 3 amide bonds. The Hall–Kier alpha value is -3.06. The molecule has 4 rings (SSSR count). The van der Waals surface area contributed by atoms with E-state index in [-0.39, 0.29) is 30.7 Å². The van der Waals surface area contributed by atoms with Gasteiger partial charge in [-0.1, -0.05) is 29.8 Å². The monoisotopic (exact) mass is 441 g/mol. The van der Waals surface area contributed by atoms with E-state index in [1.807, 2.05) is 18.2 Å². The van der Waals surface area contributed by atoms with Crippen LogP contribution in [0.5, 0.6) is 5.75 Å². The Morgan fingerprint density at radius 3 is 2.35 bits per heavy atom. The maximum absolute atomic E-state index is 13.1. The third kappa shape index (κ3) is 4.37. The van der Waals surface area contributed by atoms with Gasteiger partial charge in [-0.15, -0.1) is 0 Å². The molecular weight excluding hydrogens is 418 g/mol. The maximum atomic E-state index is 13.1. The topological polar surface area (TPSA) is 70.2 Å². The number of halogens is 1. The number of carbonyl (C=O) groups is 3. The molecule has 2 saturated heterocycles. The summed E-state index contributed by atoms with van der Waals surface area (Å²) >= 11 is 6.10. The zero-order valence-electron chi connectivity index (χ0n) is 17.3. The molecule has 8 heteroatoms. The Kier molecular flexibility index (Phi) is 6.13. The predicted octanol–water partition coefficient (Wildman–Crippen LogP) is 2.69. The van der Waals surface area contributed by atoms with Crippen LogP contribution in [0.25, 0.3) is 0 Å². The number of nitrogens with zero attached hydrogens (tertiary/aromatic N) is 3. The van der Waals surface area contributed by atoms with Crippen molar-refractivity contribution in [2.75, 3.05) is 44.7 Å². The zero-order chi connectivity index (χ0) is 22.0. The van der Waals surface area contributed by atoms with Crippen molar-refractivity contribution >= 4 is 35.0 Å². The lowest BCUT2D eigenvalue weighted by Crippen LogP contribution is -2.52. The minimum atomic E-state index is -0.424. The van der Waals surface area contributed by atoms with Gasteiger partial charge in [0.2, 0.25) is 11.8 Å². The van der Waals surface area contributed by atoms with Crippen LogP contribution in [0.3, 0.4) is 0 Å². The lowest BCUT2D eigenvalue weighted by atomic mass is 10.1. The number of ether oxygens (including phenoxy) is 1. The Morgan fingerprint density at radius 1 is 1.00 bits per heavy atom. The molecule has 1 atom stereocenters. The standard InChI is InChI=1S/C23H24ClN3O4/c1-31-20-8-7-18(24)14-19(20)27-15-17(13-21(27)28)23(30)26-11-9-25(10-12-26)22(29)16-5-3-2-4-6-16/h2-8,14,17H,9-13,15H2,1H3/t17-/m1/s1. The van der Waals surface area contributed by atoms with Crippen molar-refractivity contribution in [3.63, 3.8) is 0 Å². The number of methoxy groups -OCH3 is 1. The van der Waals surface area contributed by atoms with Crippen molar-refractivity contribution < 1.29 is 19.1 Å². The normalized spacial score (nSPS) is 19.0. The third-order valence-electron chi connectivity index (χ3n) is 5.81. The van der Waals surface area contributed by atoms with Gasteiger partial charge in [0.05, 0.1) is 18.7 Å². The van der Waals surface area contributed by atoms with Gasteiger partial charge >= 0.3 is 0 Å². The summed E-state index contributed by atoms with van der Waals surface area (Å²) in [5.41, 5.74) is 1.23. The number of hydrogen-bond acceptors (Lipinski definition) is 4. The number of amides is 3. The Bertz CT molecular complexity index is 990. The van der Waals surface area contributed by atoms with E-state index in [0.29, 0.717) is 48.2 Å². The summed E-state index contributed by atoms with van der Waals surface area (Å²) in [6.07, 6.45) is 0.150. The highest BCUT2D eigenvalue weighted by molar-refractivity contribution is 6.31. The average Bonchev–Trinajstić information content (AvgIpc) is 3.20. The lowest BCUT2D eigenvalue weighted by Gasteiger charge is -2.36. The summed E-state index contributed by atoms with van der Waals surface area (Å²) in [6, 6.07) is 14.2. The van der Waals surface area contributed by atoms with Crippen molar-refractivity contribution in [2.24, 2.45) is 5.92 Å². The molecule has 0 saturated carbocycles. The van der Waals surface area contributed by atoms with E-state index in [9.17, 15) is 14.4 Å². The van der Waals surface area contributed by atoms with Crippen LogP contribution in [0.15, 0.2) is 48.5 Å². The smallest absolute Gasteiger partial charge is 0.253 e. The molecule has 0 bridgehead atoms. The number of piperazine rings is 1. The van der Waals surface area contributed by atoms with Gasteiger partial charge in [-0.25, -0.2) is 0 Å². The summed E-state index contributed by atoms with van der Waals surface area (Å²) in [4.78, 5) is 43.4. The average molecular weight is 442 g/mol. The number of carbonyl (C=O) groups excluding carboxylic acids is 3. The first-order valence-electron chi connectivity index (χ1n) is 10.2. The van der Waals surface area contributed by atoms with Gasteiger partial charge in [0.15, 0.2) is 0 Å². The number of benzene rings is 2. The number of hydrogen-bond donors (Lipinski definition) is 0. The minimum Gasteiger partial charge on any atom is -0.495 e. The fraction of sp³-hybridized carbons (Fsp3) is 0.348. The first kappa shape index (κ1) is 21.2. The fourth-order valence-electron chi connectivity index (χ4n) is 4.13. The molecule has 2 aliphatic heterocycles. The van der Waals surface area contributed by atoms with Crippen LogP contribution in [0.2, 0.25) is 5.02 Å². The van der Waals surface area contributed by atoms with E-state index in [0.717, 1.165) is 0 Å². The zero-order valence-corrected chi connectivity index (χ0v) is 18.0. The lowest BCUT2D eigenvalue weighted by molar-refractivity contribution is -0.137. The third-order valence-corrected chi connectivity index (χ3v) is 6.04. The second-order valence-corrected chi connectivity index (χ2v) is 8.14. The molecule has 0 aromatic heterocycles. The second-order valence-electron chi connectivity index (χ2n) is 7.71. The van der Waals surface area contributed by atoms with Crippen LogP contribution in [0.4, 0.5) is 5.69 Å². The van der Waals surface area contributed by atoms with Gasteiger partial charge in [0.1, 0.15) is 5.75 Å². The van der Waals surface area contributed by atoms with Gasteiger partial charge in [-0.3, -0.25) is 14.4 Å². The molecule has 2 heterocycles.